The number of rotatable bonds is 5. The van der Waals surface area contributed by atoms with E-state index >= 15 is 0 Å². The maximum atomic E-state index is 11.7. The van der Waals surface area contributed by atoms with Crippen LogP contribution in [0.4, 0.5) is 11.4 Å². The molecule has 3 N–H and O–H groups in total. The Bertz CT molecular complexity index is 587. The number of halogens is 1. The molecule has 2 aromatic rings. The molecule has 1 amide bonds. The van der Waals surface area contributed by atoms with Gasteiger partial charge in [0.05, 0.1) is 18.7 Å². The molecular weight excluding hydrogens is 322 g/mol. The molecule has 0 radical (unpaired) electrons. The van der Waals surface area contributed by atoms with Gasteiger partial charge in [-0.1, -0.05) is 0 Å². The van der Waals surface area contributed by atoms with E-state index < -0.39 is 0 Å². The third-order valence-electron chi connectivity index (χ3n) is 2.51. The molecule has 1 aromatic carbocycles. The lowest BCUT2D eigenvalue weighted by Crippen LogP contribution is -2.15. The Morgan fingerprint density at radius 2 is 2.05 bits per heavy atom. The molecule has 1 aromatic heterocycles. The summed E-state index contributed by atoms with van der Waals surface area (Å²) in [5.41, 5.74) is 6.89. The highest BCUT2D eigenvalue weighted by Crippen LogP contribution is 2.18. The normalized spacial score (nSPS) is 10.1. The zero-order chi connectivity index (χ0) is 14.4. The molecule has 0 saturated carbocycles. The number of ether oxygens (including phenoxy) is 1. The van der Waals surface area contributed by atoms with Gasteiger partial charge in [0, 0.05) is 11.9 Å². The Morgan fingerprint density at radius 1 is 1.30 bits per heavy atom. The van der Waals surface area contributed by atoms with Crippen molar-refractivity contribution in [1.29, 1.82) is 0 Å². The van der Waals surface area contributed by atoms with Crippen molar-refractivity contribution in [1.82, 2.24) is 4.98 Å². The number of nitrogens with two attached hydrogens (primary N) is 1. The van der Waals surface area contributed by atoms with Gasteiger partial charge in [0.2, 0.25) is 5.91 Å². The van der Waals surface area contributed by atoms with Crippen LogP contribution in [0.5, 0.6) is 5.75 Å². The lowest BCUT2D eigenvalue weighted by molar-refractivity contribution is -0.116. The molecule has 0 unspecified atom stereocenters. The molecule has 0 spiro atoms. The number of nitrogen functional groups attached to an aromatic ring is 1. The van der Waals surface area contributed by atoms with E-state index in [1.807, 2.05) is 0 Å². The molecule has 0 aliphatic rings. The quantitative estimate of drug-likeness (QED) is 0.650. The minimum Gasteiger partial charge on any atom is -0.493 e. The van der Waals surface area contributed by atoms with E-state index in [-0.39, 0.29) is 12.3 Å². The number of nitrogens with one attached hydrogen (secondary N) is 1. The second-order valence-electron chi connectivity index (χ2n) is 4.06. The van der Waals surface area contributed by atoms with Crippen molar-refractivity contribution in [2.75, 3.05) is 17.7 Å². The standard InChI is InChI=1S/C14H14BrN3O2/c15-14-12(2-1-8-17-14)18-13(19)7-9-20-11-5-3-10(16)4-6-11/h1-6,8H,7,9,16H2,(H,18,19). The maximum absolute atomic E-state index is 11.7. The van der Waals surface area contributed by atoms with Gasteiger partial charge >= 0.3 is 0 Å². The number of pyridine rings is 1. The van der Waals surface area contributed by atoms with Crippen LogP contribution < -0.4 is 15.8 Å². The van der Waals surface area contributed by atoms with E-state index in [0.29, 0.717) is 28.3 Å². The minimum absolute atomic E-state index is 0.130. The molecule has 1 heterocycles. The molecule has 2 rings (SSSR count). The molecule has 0 fully saturated rings. The second kappa shape index (κ2) is 6.91. The fraction of sp³-hybridized carbons (Fsp3) is 0.143. The highest BCUT2D eigenvalue weighted by Gasteiger charge is 2.06. The van der Waals surface area contributed by atoms with Gasteiger partial charge in [-0.2, -0.15) is 0 Å². The Labute approximate surface area is 125 Å². The van der Waals surface area contributed by atoms with E-state index in [0.717, 1.165) is 0 Å². The van der Waals surface area contributed by atoms with Crippen LogP contribution in [0.2, 0.25) is 0 Å². The summed E-state index contributed by atoms with van der Waals surface area (Å²) in [6, 6.07) is 10.6. The summed E-state index contributed by atoms with van der Waals surface area (Å²) in [7, 11) is 0. The third kappa shape index (κ3) is 4.24. The first kappa shape index (κ1) is 14.3. The molecule has 5 nitrogen and oxygen atoms in total. The largest absolute Gasteiger partial charge is 0.493 e. The van der Waals surface area contributed by atoms with E-state index in [2.05, 4.69) is 26.2 Å². The van der Waals surface area contributed by atoms with Gasteiger partial charge in [0.1, 0.15) is 10.4 Å². The number of anilines is 2. The predicted molar refractivity (Wildman–Crippen MR) is 81.5 cm³/mol. The number of benzene rings is 1. The molecule has 0 atom stereocenters. The van der Waals surface area contributed by atoms with Gasteiger partial charge < -0.3 is 15.8 Å². The van der Waals surface area contributed by atoms with Crippen molar-refractivity contribution in [3.8, 4) is 5.75 Å². The first-order chi connectivity index (χ1) is 9.65. The van der Waals surface area contributed by atoms with Gasteiger partial charge in [-0.05, 0) is 52.3 Å². The van der Waals surface area contributed by atoms with Crippen molar-refractivity contribution >= 4 is 33.2 Å². The van der Waals surface area contributed by atoms with E-state index in [1.165, 1.54) is 0 Å². The molecule has 6 heteroatoms. The fourth-order valence-corrected chi connectivity index (χ4v) is 1.87. The average Bonchev–Trinajstić information content (AvgIpc) is 2.44. The van der Waals surface area contributed by atoms with Crippen LogP contribution in [0.1, 0.15) is 6.42 Å². The van der Waals surface area contributed by atoms with Crippen molar-refractivity contribution < 1.29 is 9.53 Å². The summed E-state index contributed by atoms with van der Waals surface area (Å²) in [4.78, 5) is 15.8. The first-order valence-corrected chi connectivity index (χ1v) is 6.83. The van der Waals surface area contributed by atoms with Gasteiger partial charge in [0.15, 0.2) is 0 Å². The summed E-state index contributed by atoms with van der Waals surface area (Å²) in [6.45, 7) is 0.299. The zero-order valence-electron chi connectivity index (χ0n) is 10.7. The van der Waals surface area contributed by atoms with Crippen molar-refractivity contribution in [2.24, 2.45) is 0 Å². The predicted octanol–water partition coefficient (Wildman–Crippen LogP) is 2.83. The van der Waals surface area contributed by atoms with Gasteiger partial charge in [-0.15, -0.1) is 0 Å². The van der Waals surface area contributed by atoms with E-state index in [1.54, 1.807) is 42.6 Å². The zero-order valence-corrected chi connectivity index (χ0v) is 12.3. The Balaban J connectivity index is 1.78. The third-order valence-corrected chi connectivity index (χ3v) is 3.14. The molecule has 0 saturated heterocycles. The van der Waals surface area contributed by atoms with Crippen LogP contribution in [0, 0.1) is 0 Å². The molecule has 104 valence electrons. The number of carbonyl (C=O) groups excluding carboxylic acids is 1. The van der Waals surface area contributed by atoms with Crippen LogP contribution in [0.15, 0.2) is 47.2 Å². The van der Waals surface area contributed by atoms with Crippen molar-refractivity contribution in [3.05, 3.63) is 47.2 Å². The molecule has 0 aliphatic heterocycles. The number of carbonyl (C=O) groups is 1. The van der Waals surface area contributed by atoms with Crippen LogP contribution in [0.25, 0.3) is 0 Å². The highest BCUT2D eigenvalue weighted by atomic mass is 79.9. The summed E-state index contributed by atoms with van der Waals surface area (Å²) in [5, 5.41) is 2.76. The highest BCUT2D eigenvalue weighted by molar-refractivity contribution is 9.10. The van der Waals surface area contributed by atoms with E-state index in [4.69, 9.17) is 10.5 Å². The van der Waals surface area contributed by atoms with Crippen molar-refractivity contribution in [2.45, 2.75) is 6.42 Å². The van der Waals surface area contributed by atoms with Gasteiger partial charge in [-0.25, -0.2) is 4.98 Å². The SMILES string of the molecule is Nc1ccc(OCCC(=O)Nc2cccnc2Br)cc1. The summed E-state index contributed by atoms with van der Waals surface area (Å²) < 4.78 is 6.06. The maximum Gasteiger partial charge on any atom is 0.227 e. The van der Waals surface area contributed by atoms with Crippen molar-refractivity contribution in [3.63, 3.8) is 0 Å². The number of hydrogen-bond donors (Lipinski definition) is 2. The van der Waals surface area contributed by atoms with E-state index in [9.17, 15) is 4.79 Å². The topological polar surface area (TPSA) is 77.2 Å². The molecular formula is C14H14BrN3O2. The fourth-order valence-electron chi connectivity index (χ4n) is 1.52. The van der Waals surface area contributed by atoms with Gasteiger partial charge in [0.25, 0.3) is 0 Å². The second-order valence-corrected chi connectivity index (χ2v) is 4.81. The number of amides is 1. The van der Waals surface area contributed by atoms with Crippen LogP contribution in [-0.2, 0) is 4.79 Å². The van der Waals surface area contributed by atoms with Gasteiger partial charge in [-0.3, -0.25) is 4.79 Å². The molecule has 0 aliphatic carbocycles. The minimum atomic E-state index is -0.130. The summed E-state index contributed by atoms with van der Waals surface area (Å²) in [5.74, 6) is 0.559. The summed E-state index contributed by atoms with van der Waals surface area (Å²) in [6.07, 6.45) is 1.90. The average molecular weight is 336 g/mol. The van der Waals surface area contributed by atoms with Crippen LogP contribution in [0.3, 0.4) is 0 Å². The lowest BCUT2D eigenvalue weighted by Gasteiger charge is -2.08. The van der Waals surface area contributed by atoms with Crippen LogP contribution in [-0.4, -0.2) is 17.5 Å². The Kier molecular flexibility index (Phi) is 4.95. The molecule has 20 heavy (non-hydrogen) atoms. The lowest BCUT2D eigenvalue weighted by atomic mass is 10.3. The number of nitrogens with zero attached hydrogens (tertiary/aromatic N) is 1. The number of aromatic nitrogens is 1. The first-order valence-electron chi connectivity index (χ1n) is 6.04. The summed E-state index contributed by atoms with van der Waals surface area (Å²) >= 11 is 3.27. The van der Waals surface area contributed by atoms with Crippen LogP contribution >= 0.6 is 15.9 Å². The molecule has 0 bridgehead atoms. The number of hydrogen-bond acceptors (Lipinski definition) is 4. The monoisotopic (exact) mass is 335 g/mol. The smallest absolute Gasteiger partial charge is 0.227 e. The Hall–Kier alpha value is -2.08. The Morgan fingerprint density at radius 3 is 2.75 bits per heavy atom.